The van der Waals surface area contributed by atoms with E-state index in [0.717, 1.165) is 18.4 Å². The van der Waals surface area contributed by atoms with E-state index in [4.69, 9.17) is 4.74 Å². The summed E-state index contributed by atoms with van der Waals surface area (Å²) < 4.78 is 54.2. The zero-order valence-corrected chi connectivity index (χ0v) is 11.0. The lowest BCUT2D eigenvalue weighted by Crippen LogP contribution is -2.15. The van der Waals surface area contributed by atoms with Crippen molar-refractivity contribution in [1.29, 1.82) is 0 Å². The third kappa shape index (κ3) is 5.46. The summed E-state index contributed by atoms with van der Waals surface area (Å²) >= 11 is 0. The molecule has 0 aromatic heterocycles. The molecule has 1 saturated carbocycles. The number of hydrogen-bond donors (Lipinski definition) is 1. The van der Waals surface area contributed by atoms with E-state index in [0.29, 0.717) is 18.2 Å². The molecule has 1 aliphatic carbocycles. The molecule has 1 N–H and O–H groups in total. The van der Waals surface area contributed by atoms with Crippen LogP contribution in [0, 0.1) is 5.82 Å². The molecule has 112 valence electrons. The normalized spacial score (nSPS) is 15.6. The number of hydrogen-bond acceptors (Lipinski definition) is 2. The van der Waals surface area contributed by atoms with Crippen molar-refractivity contribution in [1.82, 2.24) is 5.32 Å². The summed E-state index contributed by atoms with van der Waals surface area (Å²) in [5, 5.41) is 3.29. The molecule has 1 fully saturated rings. The van der Waals surface area contributed by atoms with Crippen molar-refractivity contribution in [2.75, 3.05) is 6.61 Å². The van der Waals surface area contributed by atoms with E-state index in [2.05, 4.69) is 5.32 Å². The van der Waals surface area contributed by atoms with E-state index in [-0.39, 0.29) is 6.61 Å². The summed E-state index contributed by atoms with van der Waals surface area (Å²) in [4.78, 5) is 0. The van der Waals surface area contributed by atoms with Crippen LogP contribution in [0.2, 0.25) is 0 Å². The van der Waals surface area contributed by atoms with Crippen LogP contribution in [0.3, 0.4) is 0 Å². The molecule has 0 amide bonds. The zero-order valence-electron chi connectivity index (χ0n) is 11.0. The van der Waals surface area contributed by atoms with Crippen LogP contribution >= 0.6 is 0 Å². The van der Waals surface area contributed by atoms with E-state index < -0.39 is 25.0 Å². The maximum atomic E-state index is 13.5. The highest BCUT2D eigenvalue weighted by Gasteiger charge is 2.26. The van der Waals surface area contributed by atoms with Gasteiger partial charge in [0.2, 0.25) is 0 Å². The summed E-state index contributed by atoms with van der Waals surface area (Å²) in [7, 11) is 0. The lowest BCUT2D eigenvalue weighted by Gasteiger charge is -2.10. The van der Waals surface area contributed by atoms with Gasteiger partial charge in [-0.15, -0.1) is 0 Å². The fraction of sp³-hybridized carbons (Fsp3) is 0.571. The van der Waals surface area contributed by atoms with Crippen molar-refractivity contribution in [3.05, 3.63) is 35.1 Å². The molecule has 0 bridgehead atoms. The molecular formula is C14H17F4NO. The zero-order chi connectivity index (χ0) is 14.6. The minimum atomic E-state index is -4.24. The minimum Gasteiger partial charge on any atom is -0.376 e. The van der Waals surface area contributed by atoms with Crippen molar-refractivity contribution in [2.24, 2.45) is 0 Å². The Labute approximate surface area is 115 Å². The van der Waals surface area contributed by atoms with Gasteiger partial charge in [0, 0.05) is 18.2 Å². The molecule has 0 spiro atoms. The predicted molar refractivity (Wildman–Crippen MR) is 66.6 cm³/mol. The van der Waals surface area contributed by atoms with E-state index in [1.54, 1.807) is 12.1 Å². The lowest BCUT2D eigenvalue weighted by atomic mass is 10.1. The SMILES string of the molecule is Fc1ccc(CNC2CC2)cc1COCCC(F)(F)F. The van der Waals surface area contributed by atoms with Gasteiger partial charge in [-0.1, -0.05) is 6.07 Å². The smallest absolute Gasteiger partial charge is 0.376 e. The first-order valence-electron chi connectivity index (χ1n) is 6.59. The fourth-order valence-electron chi connectivity index (χ4n) is 1.77. The van der Waals surface area contributed by atoms with Crippen LogP contribution in [0.4, 0.5) is 17.6 Å². The molecule has 1 aromatic rings. The lowest BCUT2D eigenvalue weighted by molar-refractivity contribution is -0.146. The van der Waals surface area contributed by atoms with Crippen LogP contribution in [0.1, 0.15) is 30.4 Å². The monoisotopic (exact) mass is 291 g/mol. The van der Waals surface area contributed by atoms with Crippen LogP contribution in [0.5, 0.6) is 0 Å². The van der Waals surface area contributed by atoms with Gasteiger partial charge < -0.3 is 10.1 Å². The second-order valence-corrected chi connectivity index (χ2v) is 5.00. The Bertz CT molecular complexity index is 443. The number of ether oxygens (including phenoxy) is 1. The molecule has 6 heteroatoms. The van der Waals surface area contributed by atoms with Gasteiger partial charge >= 0.3 is 6.18 Å². The summed E-state index contributed by atoms with van der Waals surface area (Å²) in [6, 6.07) is 5.18. The molecule has 0 aliphatic heterocycles. The number of rotatable bonds is 7. The summed E-state index contributed by atoms with van der Waals surface area (Å²) in [6.45, 7) is 0.0488. The Morgan fingerprint density at radius 3 is 2.65 bits per heavy atom. The predicted octanol–water partition coefficient (Wildman–Crippen LogP) is 3.55. The molecule has 0 unspecified atom stereocenters. The molecule has 1 aromatic carbocycles. The van der Waals surface area contributed by atoms with Gasteiger partial charge in [-0.3, -0.25) is 0 Å². The summed E-state index contributed by atoms with van der Waals surface area (Å²) in [5.74, 6) is -0.452. The maximum absolute atomic E-state index is 13.5. The molecule has 0 radical (unpaired) electrons. The van der Waals surface area contributed by atoms with Crippen molar-refractivity contribution >= 4 is 0 Å². The van der Waals surface area contributed by atoms with Gasteiger partial charge in [-0.2, -0.15) is 13.2 Å². The minimum absolute atomic E-state index is 0.140. The fourth-order valence-corrected chi connectivity index (χ4v) is 1.77. The van der Waals surface area contributed by atoms with Gasteiger partial charge in [0.25, 0.3) is 0 Å². The summed E-state index contributed by atoms with van der Waals surface area (Å²) in [6.07, 6.45) is -2.94. The van der Waals surface area contributed by atoms with Crippen molar-refractivity contribution in [3.8, 4) is 0 Å². The van der Waals surface area contributed by atoms with Gasteiger partial charge in [-0.05, 0) is 30.5 Å². The van der Waals surface area contributed by atoms with Crippen LogP contribution in [-0.2, 0) is 17.9 Å². The second kappa shape index (κ2) is 6.54. The Morgan fingerprint density at radius 1 is 1.25 bits per heavy atom. The molecule has 2 nitrogen and oxygen atoms in total. The number of nitrogens with one attached hydrogen (secondary N) is 1. The first kappa shape index (κ1) is 15.3. The third-order valence-electron chi connectivity index (χ3n) is 3.07. The molecule has 0 saturated heterocycles. The van der Waals surface area contributed by atoms with Gasteiger partial charge in [0.1, 0.15) is 5.82 Å². The Hall–Kier alpha value is -1.14. The van der Waals surface area contributed by atoms with Crippen LogP contribution in [0.15, 0.2) is 18.2 Å². The maximum Gasteiger partial charge on any atom is 0.391 e. The largest absolute Gasteiger partial charge is 0.391 e. The van der Waals surface area contributed by atoms with Crippen LogP contribution in [-0.4, -0.2) is 18.8 Å². The third-order valence-corrected chi connectivity index (χ3v) is 3.07. The van der Waals surface area contributed by atoms with Gasteiger partial charge in [-0.25, -0.2) is 4.39 Å². The number of benzene rings is 1. The van der Waals surface area contributed by atoms with E-state index in [1.165, 1.54) is 6.07 Å². The molecule has 1 aliphatic rings. The Kier molecular flexibility index (Phi) is 4.99. The molecule has 2 rings (SSSR count). The molecular weight excluding hydrogens is 274 g/mol. The highest BCUT2D eigenvalue weighted by molar-refractivity contribution is 5.24. The van der Waals surface area contributed by atoms with Gasteiger partial charge in [0.15, 0.2) is 0 Å². The van der Waals surface area contributed by atoms with Crippen molar-refractivity contribution < 1.29 is 22.3 Å². The Balaban J connectivity index is 1.80. The average Bonchev–Trinajstić information content (AvgIpc) is 3.18. The number of alkyl halides is 3. The molecule has 0 atom stereocenters. The second-order valence-electron chi connectivity index (χ2n) is 5.00. The molecule has 20 heavy (non-hydrogen) atoms. The van der Waals surface area contributed by atoms with E-state index >= 15 is 0 Å². The first-order chi connectivity index (χ1) is 9.44. The topological polar surface area (TPSA) is 21.3 Å². The first-order valence-corrected chi connectivity index (χ1v) is 6.59. The highest BCUT2D eigenvalue weighted by Crippen LogP contribution is 2.21. The van der Waals surface area contributed by atoms with Crippen molar-refractivity contribution in [2.45, 2.75) is 44.6 Å². The van der Waals surface area contributed by atoms with Crippen LogP contribution in [0.25, 0.3) is 0 Å². The number of halogens is 4. The van der Waals surface area contributed by atoms with E-state index in [9.17, 15) is 17.6 Å². The van der Waals surface area contributed by atoms with Crippen molar-refractivity contribution in [3.63, 3.8) is 0 Å². The quantitative estimate of drug-likeness (QED) is 0.613. The Morgan fingerprint density at radius 2 is 2.00 bits per heavy atom. The van der Waals surface area contributed by atoms with E-state index in [1.807, 2.05) is 0 Å². The molecule has 0 heterocycles. The highest BCUT2D eigenvalue weighted by atomic mass is 19.4. The average molecular weight is 291 g/mol. The van der Waals surface area contributed by atoms with Gasteiger partial charge in [0.05, 0.1) is 19.6 Å². The standard InChI is InChI=1S/C14H17F4NO/c15-13-4-1-10(8-19-12-2-3-12)7-11(13)9-20-6-5-14(16,17)18/h1,4,7,12,19H,2-3,5-6,8-9H2. The van der Waals surface area contributed by atoms with Crippen LogP contribution < -0.4 is 5.32 Å². The summed E-state index contributed by atoms with van der Waals surface area (Å²) in [5.41, 5.74) is 1.20.